The Morgan fingerprint density at radius 3 is 2.32 bits per heavy atom. The number of hydrogen-bond donors (Lipinski definition) is 2. The highest BCUT2D eigenvalue weighted by Crippen LogP contribution is 2.24. The van der Waals surface area contributed by atoms with E-state index in [0.717, 1.165) is 12.8 Å². The first-order valence-corrected chi connectivity index (χ1v) is 6.93. The van der Waals surface area contributed by atoms with Crippen molar-refractivity contribution in [3.8, 4) is 0 Å². The Morgan fingerprint density at radius 2 is 1.89 bits per heavy atom. The number of carboxylic acid groups (broad SMARTS) is 1. The first-order chi connectivity index (χ1) is 8.62. The van der Waals surface area contributed by atoms with Crippen molar-refractivity contribution in [2.24, 2.45) is 11.3 Å². The Kier molecular flexibility index (Phi) is 4.82. The van der Waals surface area contributed by atoms with E-state index in [4.69, 9.17) is 0 Å². The highest BCUT2D eigenvalue weighted by molar-refractivity contribution is 5.83. The number of likely N-dealkylation sites (tertiary alicyclic amines) is 1. The van der Waals surface area contributed by atoms with Gasteiger partial charge in [0.1, 0.15) is 6.04 Å². The van der Waals surface area contributed by atoms with Crippen molar-refractivity contribution in [1.82, 2.24) is 10.2 Å². The number of piperidine rings is 1. The lowest BCUT2D eigenvalue weighted by atomic mass is 9.87. The van der Waals surface area contributed by atoms with Crippen LogP contribution in [-0.4, -0.2) is 40.6 Å². The maximum Gasteiger partial charge on any atom is 0.326 e. The van der Waals surface area contributed by atoms with Gasteiger partial charge in [0.05, 0.1) is 0 Å². The maximum atomic E-state index is 12.2. The summed E-state index contributed by atoms with van der Waals surface area (Å²) in [5.74, 6) is -0.365. The summed E-state index contributed by atoms with van der Waals surface area (Å²) in [5.41, 5.74) is -0.506. The van der Waals surface area contributed by atoms with E-state index < -0.39 is 17.4 Å². The molecule has 1 aliphatic rings. The Hall–Kier alpha value is -1.26. The lowest BCUT2D eigenvalue weighted by Crippen LogP contribution is -2.56. The quantitative estimate of drug-likeness (QED) is 0.809. The maximum absolute atomic E-state index is 12.2. The van der Waals surface area contributed by atoms with E-state index in [-0.39, 0.29) is 12.1 Å². The molecule has 3 atom stereocenters. The second-order valence-corrected chi connectivity index (χ2v) is 6.76. The molecule has 0 spiro atoms. The minimum Gasteiger partial charge on any atom is -0.480 e. The molecule has 110 valence electrons. The zero-order chi connectivity index (χ0) is 14.8. The van der Waals surface area contributed by atoms with Crippen LogP contribution in [0.1, 0.15) is 47.5 Å². The third-order valence-corrected chi connectivity index (χ3v) is 3.78. The molecule has 2 amide bonds. The summed E-state index contributed by atoms with van der Waals surface area (Å²) < 4.78 is 0. The number of urea groups is 1. The summed E-state index contributed by atoms with van der Waals surface area (Å²) in [4.78, 5) is 25.2. The molecular weight excluding hydrogens is 244 g/mol. The first-order valence-electron chi connectivity index (χ1n) is 6.93. The molecule has 2 N–H and O–H groups in total. The number of carbonyl (C=O) groups excluding carboxylic acids is 1. The predicted octanol–water partition coefficient (Wildman–Crippen LogP) is 2.32. The number of aliphatic carboxylic acids is 1. The fraction of sp³-hybridized carbons (Fsp3) is 0.857. The molecule has 1 fully saturated rings. The van der Waals surface area contributed by atoms with Gasteiger partial charge in [-0.3, -0.25) is 0 Å². The normalized spacial score (nSPS) is 25.8. The Bertz CT molecular complexity index is 349. The number of amides is 2. The van der Waals surface area contributed by atoms with E-state index in [1.165, 1.54) is 0 Å². The van der Waals surface area contributed by atoms with Crippen LogP contribution in [0.5, 0.6) is 0 Å². The van der Waals surface area contributed by atoms with E-state index in [1.807, 2.05) is 27.7 Å². The largest absolute Gasteiger partial charge is 0.480 e. The molecule has 2 unspecified atom stereocenters. The second kappa shape index (κ2) is 5.80. The number of nitrogens with zero attached hydrogens (tertiary/aromatic N) is 1. The number of carbonyl (C=O) groups is 2. The third-order valence-electron chi connectivity index (χ3n) is 3.78. The molecule has 5 nitrogen and oxygen atoms in total. The van der Waals surface area contributed by atoms with Crippen molar-refractivity contribution in [2.45, 2.75) is 59.5 Å². The number of rotatable bonds is 2. The van der Waals surface area contributed by atoms with Gasteiger partial charge >= 0.3 is 12.0 Å². The summed E-state index contributed by atoms with van der Waals surface area (Å²) in [6.07, 6.45) is 1.95. The van der Waals surface area contributed by atoms with Gasteiger partial charge in [0, 0.05) is 12.6 Å². The molecule has 0 saturated carbocycles. The van der Waals surface area contributed by atoms with E-state index in [0.29, 0.717) is 12.5 Å². The lowest BCUT2D eigenvalue weighted by Gasteiger charge is -2.38. The van der Waals surface area contributed by atoms with Gasteiger partial charge in [0.2, 0.25) is 0 Å². The summed E-state index contributed by atoms with van der Waals surface area (Å²) >= 11 is 0. The smallest absolute Gasteiger partial charge is 0.326 e. The van der Waals surface area contributed by atoms with Crippen molar-refractivity contribution in [1.29, 1.82) is 0 Å². The molecule has 1 aliphatic heterocycles. The summed E-state index contributed by atoms with van der Waals surface area (Å²) in [7, 11) is 0. The van der Waals surface area contributed by atoms with Gasteiger partial charge in [-0.15, -0.1) is 0 Å². The van der Waals surface area contributed by atoms with Crippen LogP contribution in [0.3, 0.4) is 0 Å². The molecular formula is C14H26N2O3. The molecule has 0 aliphatic carbocycles. The van der Waals surface area contributed by atoms with Crippen LogP contribution in [0.15, 0.2) is 0 Å². The zero-order valence-corrected chi connectivity index (χ0v) is 12.6. The lowest BCUT2D eigenvalue weighted by molar-refractivity contribution is -0.142. The molecule has 1 heterocycles. The molecule has 0 aromatic heterocycles. The highest BCUT2D eigenvalue weighted by Gasteiger charge is 2.35. The van der Waals surface area contributed by atoms with Gasteiger partial charge < -0.3 is 15.3 Å². The van der Waals surface area contributed by atoms with Crippen molar-refractivity contribution in [3.63, 3.8) is 0 Å². The molecule has 5 heteroatoms. The van der Waals surface area contributed by atoms with Crippen LogP contribution in [0.2, 0.25) is 0 Å². The Morgan fingerprint density at radius 1 is 1.32 bits per heavy atom. The van der Waals surface area contributed by atoms with Crippen molar-refractivity contribution in [3.05, 3.63) is 0 Å². The van der Waals surface area contributed by atoms with Crippen LogP contribution >= 0.6 is 0 Å². The summed E-state index contributed by atoms with van der Waals surface area (Å²) in [6.45, 7) is 10.3. The molecule has 19 heavy (non-hydrogen) atoms. The SMILES string of the molecule is CC1CCN(C(=O)N[C@H](C(=O)O)C(C)(C)C)C(C)C1. The molecule has 0 radical (unpaired) electrons. The fourth-order valence-corrected chi connectivity index (χ4v) is 2.56. The van der Waals surface area contributed by atoms with Gasteiger partial charge in [-0.1, -0.05) is 27.7 Å². The Balaban J connectivity index is 2.70. The molecule has 1 saturated heterocycles. The average molecular weight is 270 g/mol. The second-order valence-electron chi connectivity index (χ2n) is 6.76. The van der Waals surface area contributed by atoms with Gasteiger partial charge in [-0.2, -0.15) is 0 Å². The van der Waals surface area contributed by atoms with Crippen LogP contribution < -0.4 is 5.32 Å². The van der Waals surface area contributed by atoms with E-state index >= 15 is 0 Å². The molecule has 0 bridgehead atoms. The topological polar surface area (TPSA) is 69.6 Å². The number of nitrogens with one attached hydrogen (secondary N) is 1. The van der Waals surface area contributed by atoms with E-state index in [1.54, 1.807) is 4.90 Å². The molecule has 0 aromatic carbocycles. The highest BCUT2D eigenvalue weighted by atomic mass is 16.4. The zero-order valence-electron chi connectivity index (χ0n) is 12.6. The monoisotopic (exact) mass is 270 g/mol. The number of carboxylic acids is 1. The Labute approximate surface area is 115 Å². The van der Waals surface area contributed by atoms with Crippen LogP contribution in [0.25, 0.3) is 0 Å². The van der Waals surface area contributed by atoms with Crippen LogP contribution in [0.4, 0.5) is 4.79 Å². The minimum absolute atomic E-state index is 0.165. The standard InChI is InChI=1S/C14H26N2O3/c1-9-6-7-16(10(2)8-9)13(19)15-11(12(17)18)14(3,4)5/h9-11H,6-8H2,1-5H3,(H,15,19)(H,17,18)/t9?,10?,11-/m1/s1. The molecule has 1 rings (SSSR count). The van der Waals surface area contributed by atoms with Crippen molar-refractivity contribution < 1.29 is 14.7 Å². The van der Waals surface area contributed by atoms with Crippen LogP contribution in [-0.2, 0) is 4.79 Å². The van der Waals surface area contributed by atoms with Crippen molar-refractivity contribution >= 4 is 12.0 Å². The first kappa shape index (κ1) is 15.8. The summed E-state index contributed by atoms with van der Waals surface area (Å²) in [6, 6.07) is -0.966. The summed E-state index contributed by atoms with van der Waals surface area (Å²) in [5, 5.41) is 11.9. The van der Waals surface area contributed by atoms with E-state index in [9.17, 15) is 14.7 Å². The molecule has 0 aromatic rings. The number of hydrogen-bond acceptors (Lipinski definition) is 2. The van der Waals surface area contributed by atoms with Gasteiger partial charge in [0.25, 0.3) is 0 Å². The van der Waals surface area contributed by atoms with Crippen molar-refractivity contribution in [2.75, 3.05) is 6.54 Å². The van der Waals surface area contributed by atoms with E-state index in [2.05, 4.69) is 12.2 Å². The van der Waals surface area contributed by atoms with Crippen LogP contribution in [0, 0.1) is 11.3 Å². The van der Waals surface area contributed by atoms with Gasteiger partial charge in [-0.05, 0) is 31.1 Å². The van der Waals surface area contributed by atoms with Gasteiger partial charge in [-0.25, -0.2) is 9.59 Å². The van der Waals surface area contributed by atoms with Gasteiger partial charge in [0.15, 0.2) is 0 Å². The average Bonchev–Trinajstić information content (AvgIpc) is 2.23. The fourth-order valence-electron chi connectivity index (χ4n) is 2.56. The predicted molar refractivity (Wildman–Crippen MR) is 74.0 cm³/mol. The minimum atomic E-state index is -0.987. The third kappa shape index (κ3) is 4.11.